The molecule has 2 heterocycles. The molecule has 0 aliphatic carbocycles. The van der Waals surface area contributed by atoms with Crippen LogP contribution in [0.2, 0.25) is 0 Å². The number of rotatable bonds is 4. The highest BCUT2D eigenvalue weighted by Crippen LogP contribution is 2.32. The fourth-order valence-electron chi connectivity index (χ4n) is 2.93. The van der Waals surface area contributed by atoms with Gasteiger partial charge in [-0.3, -0.25) is 9.88 Å². The van der Waals surface area contributed by atoms with Gasteiger partial charge in [0, 0.05) is 24.9 Å². The fraction of sp³-hybridized carbons (Fsp3) is 0.278. The summed E-state index contributed by atoms with van der Waals surface area (Å²) in [6, 6.07) is 12.1. The number of carbonyl (C=O) groups excluding carboxylic acids is 1. The second-order valence-corrected chi connectivity index (χ2v) is 5.77. The van der Waals surface area contributed by atoms with E-state index in [1.807, 2.05) is 42.5 Å². The molecule has 1 aliphatic heterocycles. The average Bonchev–Trinajstić information content (AvgIpc) is 3.07. The Kier molecular flexibility index (Phi) is 4.74. The number of aromatic nitrogens is 1. The Bertz CT molecular complexity index is 705. The smallest absolute Gasteiger partial charge is 0.410 e. The SMILES string of the molecule is O=C(O)[C@@H]1CC(c2cccnc2)CN1C(=O)OCc1ccccc1. The lowest BCUT2D eigenvalue weighted by Gasteiger charge is -2.20. The van der Waals surface area contributed by atoms with E-state index in [2.05, 4.69) is 4.98 Å². The van der Waals surface area contributed by atoms with Gasteiger partial charge in [0.05, 0.1) is 0 Å². The summed E-state index contributed by atoms with van der Waals surface area (Å²) in [6.45, 7) is 0.441. The molecule has 1 aliphatic rings. The number of likely N-dealkylation sites (tertiary alicyclic amines) is 1. The van der Waals surface area contributed by atoms with Gasteiger partial charge in [0.15, 0.2) is 0 Å². The van der Waals surface area contributed by atoms with Crippen molar-refractivity contribution in [1.82, 2.24) is 9.88 Å². The van der Waals surface area contributed by atoms with Gasteiger partial charge in [-0.2, -0.15) is 0 Å². The van der Waals surface area contributed by atoms with Crippen molar-refractivity contribution < 1.29 is 19.4 Å². The predicted molar refractivity (Wildman–Crippen MR) is 86.4 cm³/mol. The molecule has 3 rings (SSSR count). The lowest BCUT2D eigenvalue weighted by molar-refractivity contribution is -0.141. The normalized spacial score (nSPS) is 19.9. The van der Waals surface area contributed by atoms with Gasteiger partial charge in [0.25, 0.3) is 0 Å². The Labute approximate surface area is 139 Å². The molecule has 1 N–H and O–H groups in total. The molecule has 0 radical (unpaired) electrons. The number of amides is 1. The van der Waals surface area contributed by atoms with Crippen molar-refractivity contribution in [2.45, 2.75) is 25.0 Å². The third kappa shape index (κ3) is 3.53. The molecule has 1 aromatic heterocycles. The first-order chi connectivity index (χ1) is 11.6. The van der Waals surface area contributed by atoms with Crippen LogP contribution in [-0.2, 0) is 16.1 Å². The number of benzene rings is 1. The summed E-state index contributed by atoms with van der Waals surface area (Å²) in [5.41, 5.74) is 1.79. The monoisotopic (exact) mass is 326 g/mol. The summed E-state index contributed by atoms with van der Waals surface area (Å²) >= 11 is 0. The highest BCUT2D eigenvalue weighted by atomic mass is 16.6. The molecule has 1 fully saturated rings. The minimum Gasteiger partial charge on any atom is -0.480 e. The number of ether oxygens (including phenoxy) is 1. The Morgan fingerprint density at radius 3 is 2.67 bits per heavy atom. The molecule has 1 saturated heterocycles. The lowest BCUT2D eigenvalue weighted by Crippen LogP contribution is -2.40. The van der Waals surface area contributed by atoms with Crippen LogP contribution in [0.25, 0.3) is 0 Å². The molecule has 2 atom stereocenters. The Morgan fingerprint density at radius 2 is 2.00 bits per heavy atom. The number of carbonyl (C=O) groups is 2. The molecule has 1 amide bonds. The van der Waals surface area contributed by atoms with Crippen LogP contribution in [0.5, 0.6) is 0 Å². The van der Waals surface area contributed by atoms with Crippen molar-refractivity contribution in [2.75, 3.05) is 6.54 Å². The third-order valence-electron chi connectivity index (χ3n) is 4.18. The number of hydrogen-bond donors (Lipinski definition) is 1. The molecule has 0 spiro atoms. The largest absolute Gasteiger partial charge is 0.480 e. The van der Waals surface area contributed by atoms with E-state index < -0.39 is 18.1 Å². The zero-order valence-corrected chi connectivity index (χ0v) is 13.0. The number of carboxylic acids is 1. The van der Waals surface area contributed by atoms with E-state index in [1.165, 1.54) is 4.90 Å². The van der Waals surface area contributed by atoms with Crippen molar-refractivity contribution in [3.05, 3.63) is 66.0 Å². The van der Waals surface area contributed by atoms with Gasteiger partial charge in [-0.1, -0.05) is 36.4 Å². The zero-order chi connectivity index (χ0) is 16.9. The summed E-state index contributed by atoms with van der Waals surface area (Å²) in [5, 5.41) is 9.42. The van der Waals surface area contributed by atoms with Gasteiger partial charge in [-0.05, 0) is 23.6 Å². The molecule has 24 heavy (non-hydrogen) atoms. The molecule has 2 aromatic rings. The minimum absolute atomic E-state index is 0.0518. The predicted octanol–water partition coefficient (Wildman–Crippen LogP) is 2.66. The highest BCUT2D eigenvalue weighted by molar-refractivity contribution is 5.81. The maximum absolute atomic E-state index is 12.3. The van der Waals surface area contributed by atoms with Crippen LogP contribution in [0.15, 0.2) is 54.9 Å². The van der Waals surface area contributed by atoms with E-state index in [0.717, 1.165) is 11.1 Å². The number of nitrogens with zero attached hydrogens (tertiary/aromatic N) is 2. The maximum atomic E-state index is 12.3. The van der Waals surface area contributed by atoms with Crippen molar-refractivity contribution >= 4 is 12.1 Å². The Balaban J connectivity index is 1.68. The fourth-order valence-corrected chi connectivity index (χ4v) is 2.93. The van der Waals surface area contributed by atoms with Gasteiger partial charge in [0.2, 0.25) is 0 Å². The topological polar surface area (TPSA) is 79.7 Å². The molecule has 1 unspecified atom stereocenters. The summed E-state index contributed by atoms with van der Waals surface area (Å²) in [4.78, 5) is 29.2. The van der Waals surface area contributed by atoms with Crippen molar-refractivity contribution in [3.8, 4) is 0 Å². The van der Waals surface area contributed by atoms with Gasteiger partial charge < -0.3 is 9.84 Å². The molecule has 6 nitrogen and oxygen atoms in total. The lowest BCUT2D eigenvalue weighted by atomic mass is 9.98. The van der Waals surface area contributed by atoms with Gasteiger partial charge in [-0.25, -0.2) is 9.59 Å². The quantitative estimate of drug-likeness (QED) is 0.934. The Hall–Kier alpha value is -2.89. The second kappa shape index (κ2) is 7.12. The van der Waals surface area contributed by atoms with E-state index in [9.17, 15) is 14.7 Å². The molecule has 6 heteroatoms. The van der Waals surface area contributed by atoms with Gasteiger partial charge in [0.1, 0.15) is 12.6 Å². The second-order valence-electron chi connectivity index (χ2n) is 5.77. The van der Waals surface area contributed by atoms with Crippen LogP contribution in [0, 0.1) is 0 Å². The van der Waals surface area contributed by atoms with Crippen LogP contribution in [0.3, 0.4) is 0 Å². The minimum atomic E-state index is -1.02. The molecule has 1 aromatic carbocycles. The van der Waals surface area contributed by atoms with Crippen LogP contribution in [0.1, 0.15) is 23.5 Å². The number of pyridine rings is 1. The number of carboxylic acid groups (broad SMARTS) is 1. The van der Waals surface area contributed by atoms with E-state index in [0.29, 0.717) is 13.0 Å². The van der Waals surface area contributed by atoms with Crippen LogP contribution in [0.4, 0.5) is 4.79 Å². The summed E-state index contributed by atoms with van der Waals surface area (Å²) in [6.07, 6.45) is 3.14. The van der Waals surface area contributed by atoms with Gasteiger partial charge >= 0.3 is 12.1 Å². The number of hydrogen-bond acceptors (Lipinski definition) is 4. The first-order valence-electron chi connectivity index (χ1n) is 7.75. The highest BCUT2D eigenvalue weighted by Gasteiger charge is 2.41. The van der Waals surface area contributed by atoms with E-state index in [-0.39, 0.29) is 12.5 Å². The summed E-state index contributed by atoms with van der Waals surface area (Å²) < 4.78 is 5.28. The van der Waals surface area contributed by atoms with Crippen LogP contribution < -0.4 is 0 Å². The molecular formula is C18H18N2O4. The first kappa shape index (κ1) is 16.0. The van der Waals surface area contributed by atoms with Crippen molar-refractivity contribution in [2.24, 2.45) is 0 Å². The summed E-state index contributed by atoms with van der Waals surface area (Å²) in [5.74, 6) is -1.07. The Morgan fingerprint density at radius 1 is 1.21 bits per heavy atom. The van der Waals surface area contributed by atoms with Crippen molar-refractivity contribution in [3.63, 3.8) is 0 Å². The third-order valence-corrected chi connectivity index (χ3v) is 4.18. The molecular weight excluding hydrogens is 308 g/mol. The van der Waals surface area contributed by atoms with Crippen LogP contribution >= 0.6 is 0 Å². The molecule has 124 valence electrons. The van der Waals surface area contributed by atoms with E-state index in [4.69, 9.17) is 4.74 Å². The first-order valence-corrected chi connectivity index (χ1v) is 7.75. The maximum Gasteiger partial charge on any atom is 0.410 e. The number of aliphatic carboxylic acids is 1. The van der Waals surface area contributed by atoms with E-state index >= 15 is 0 Å². The van der Waals surface area contributed by atoms with Gasteiger partial charge in [-0.15, -0.1) is 0 Å². The molecule has 0 saturated carbocycles. The standard InChI is InChI=1S/C18H18N2O4/c21-17(22)16-9-15(14-7-4-8-19-10-14)11-20(16)18(23)24-12-13-5-2-1-3-6-13/h1-8,10,15-16H,9,11-12H2,(H,21,22)/t15?,16-/m0/s1. The van der Waals surface area contributed by atoms with Crippen LogP contribution in [-0.4, -0.2) is 39.6 Å². The van der Waals surface area contributed by atoms with E-state index in [1.54, 1.807) is 12.4 Å². The van der Waals surface area contributed by atoms with Crippen molar-refractivity contribution in [1.29, 1.82) is 0 Å². The average molecular weight is 326 g/mol. The summed E-state index contributed by atoms with van der Waals surface area (Å²) in [7, 11) is 0. The zero-order valence-electron chi connectivity index (χ0n) is 13.0. The molecule has 0 bridgehead atoms.